The van der Waals surface area contributed by atoms with E-state index in [1.165, 1.54) is 11.3 Å². The molecule has 1 atom stereocenters. The van der Waals surface area contributed by atoms with Crippen LogP contribution in [-0.4, -0.2) is 64.5 Å². The smallest absolute Gasteiger partial charge is 0.234 e. The number of anilines is 1. The van der Waals surface area contributed by atoms with Gasteiger partial charge in [0.25, 0.3) is 0 Å². The van der Waals surface area contributed by atoms with Gasteiger partial charge in [0, 0.05) is 50.7 Å². The van der Waals surface area contributed by atoms with Crippen LogP contribution in [-0.2, 0) is 11.8 Å². The molecule has 2 aromatic rings. The Morgan fingerprint density at radius 3 is 2.66 bits per heavy atom. The van der Waals surface area contributed by atoms with E-state index in [2.05, 4.69) is 51.4 Å². The number of nitrogens with one attached hydrogen (secondary N) is 1. The molecule has 1 aliphatic heterocycles. The van der Waals surface area contributed by atoms with Crippen LogP contribution in [0.1, 0.15) is 30.0 Å². The Balaban J connectivity index is 1.31. The predicted octanol–water partition coefficient (Wildman–Crippen LogP) is 1.48. The second-order valence-corrected chi connectivity index (χ2v) is 8.48. The van der Waals surface area contributed by atoms with Crippen molar-refractivity contribution < 1.29 is 9.90 Å². The Hall–Kier alpha value is -2.38. The van der Waals surface area contributed by atoms with Crippen LogP contribution in [0.2, 0.25) is 0 Å². The minimum absolute atomic E-state index is 0.0456. The molecular formula is C22H31N5O2. The summed E-state index contributed by atoms with van der Waals surface area (Å²) in [7, 11) is 1.88. The van der Waals surface area contributed by atoms with Crippen molar-refractivity contribution in [3.63, 3.8) is 0 Å². The molecule has 1 aromatic carbocycles. The number of aliphatic hydroxyl groups is 1. The first kappa shape index (κ1) is 19.9. The highest BCUT2D eigenvalue weighted by Gasteiger charge is 2.36. The Morgan fingerprint density at radius 1 is 1.28 bits per heavy atom. The summed E-state index contributed by atoms with van der Waals surface area (Å²) in [5, 5.41) is 17.2. The fourth-order valence-electron chi connectivity index (χ4n) is 4.39. The molecule has 0 radical (unpaired) electrons. The van der Waals surface area contributed by atoms with Gasteiger partial charge in [0.15, 0.2) is 0 Å². The number of amides is 1. The summed E-state index contributed by atoms with van der Waals surface area (Å²) >= 11 is 0. The molecule has 7 heteroatoms. The third-order valence-electron chi connectivity index (χ3n) is 6.13. The number of piperazine rings is 1. The Kier molecular flexibility index (Phi) is 5.87. The number of carbonyl (C=O) groups is 1. The molecule has 7 nitrogen and oxygen atoms in total. The molecule has 4 rings (SSSR count). The maximum Gasteiger partial charge on any atom is 0.234 e. The lowest BCUT2D eigenvalue weighted by molar-refractivity contribution is -0.124. The van der Waals surface area contributed by atoms with E-state index in [0.29, 0.717) is 6.54 Å². The van der Waals surface area contributed by atoms with E-state index in [4.69, 9.17) is 0 Å². The van der Waals surface area contributed by atoms with E-state index < -0.39 is 0 Å². The maximum atomic E-state index is 12.8. The zero-order valence-corrected chi connectivity index (χ0v) is 17.3. The highest BCUT2D eigenvalue weighted by Crippen LogP contribution is 2.37. The van der Waals surface area contributed by atoms with Crippen molar-refractivity contribution in [2.45, 2.75) is 31.9 Å². The van der Waals surface area contributed by atoms with Crippen molar-refractivity contribution in [2.24, 2.45) is 13.0 Å². The van der Waals surface area contributed by atoms with Gasteiger partial charge in [-0.15, -0.1) is 0 Å². The van der Waals surface area contributed by atoms with Crippen molar-refractivity contribution in [1.82, 2.24) is 20.0 Å². The van der Waals surface area contributed by atoms with Gasteiger partial charge < -0.3 is 15.3 Å². The largest absolute Gasteiger partial charge is 0.393 e. The van der Waals surface area contributed by atoms with Gasteiger partial charge >= 0.3 is 0 Å². The van der Waals surface area contributed by atoms with Crippen LogP contribution >= 0.6 is 0 Å². The normalized spacial score (nSPS) is 23.5. The molecule has 2 aliphatic rings. The van der Waals surface area contributed by atoms with E-state index >= 15 is 0 Å². The molecule has 1 saturated carbocycles. The van der Waals surface area contributed by atoms with Crippen LogP contribution in [0.5, 0.6) is 0 Å². The van der Waals surface area contributed by atoms with Gasteiger partial charge in [0.05, 0.1) is 24.9 Å². The Labute approximate surface area is 172 Å². The highest BCUT2D eigenvalue weighted by atomic mass is 16.3. The lowest BCUT2D eigenvalue weighted by Crippen LogP contribution is -2.50. The maximum absolute atomic E-state index is 12.8. The summed E-state index contributed by atoms with van der Waals surface area (Å²) in [6.45, 7) is 6.13. The van der Waals surface area contributed by atoms with Crippen LogP contribution < -0.4 is 10.2 Å². The van der Waals surface area contributed by atoms with Crippen LogP contribution in [0.3, 0.4) is 0 Å². The SMILES string of the molecule is Cc1cccc(N2CCN(CC(=O)N[C@H](c3cnn(C)c3)C3CC(O)C3)CC2)c1. The molecular weight excluding hydrogens is 366 g/mol. The highest BCUT2D eigenvalue weighted by molar-refractivity contribution is 5.78. The van der Waals surface area contributed by atoms with Gasteiger partial charge in [-0.3, -0.25) is 14.4 Å². The first-order valence-corrected chi connectivity index (χ1v) is 10.5. The number of aryl methyl sites for hydroxylation is 2. The molecule has 2 fully saturated rings. The standard InChI is InChI=1S/C22H31N5O2/c1-16-4-3-5-19(10-16)27-8-6-26(7-9-27)15-21(29)24-22(17-11-20(28)12-17)18-13-23-25(2)14-18/h3-5,10,13-14,17,20,22,28H,6-9,11-12,15H2,1-2H3,(H,24,29)/t17?,20?,22-/m0/s1. The summed E-state index contributed by atoms with van der Waals surface area (Å²) < 4.78 is 1.76. The van der Waals surface area contributed by atoms with E-state index in [0.717, 1.165) is 44.6 Å². The lowest BCUT2D eigenvalue weighted by atomic mass is 9.75. The third kappa shape index (κ3) is 4.79. The number of hydrogen-bond acceptors (Lipinski definition) is 5. The van der Waals surface area contributed by atoms with Gasteiger partial charge in [-0.25, -0.2) is 0 Å². The molecule has 1 aliphatic carbocycles. The first-order chi connectivity index (χ1) is 14.0. The summed E-state index contributed by atoms with van der Waals surface area (Å²) in [6, 6.07) is 8.51. The van der Waals surface area contributed by atoms with E-state index in [-0.39, 0.29) is 24.0 Å². The second kappa shape index (κ2) is 8.55. The average Bonchev–Trinajstić information content (AvgIpc) is 3.11. The molecule has 2 N–H and O–H groups in total. The molecule has 1 aromatic heterocycles. The van der Waals surface area contributed by atoms with Crippen LogP contribution in [0.25, 0.3) is 0 Å². The number of hydrogen-bond donors (Lipinski definition) is 2. The summed E-state index contributed by atoms with van der Waals surface area (Å²) in [5.74, 6) is 0.320. The number of benzene rings is 1. The second-order valence-electron chi connectivity index (χ2n) is 8.48. The van der Waals surface area contributed by atoms with E-state index in [1.54, 1.807) is 4.68 Å². The molecule has 2 heterocycles. The third-order valence-corrected chi connectivity index (χ3v) is 6.13. The molecule has 1 amide bonds. The number of rotatable bonds is 6. The van der Waals surface area contributed by atoms with Crippen LogP contribution in [0.4, 0.5) is 5.69 Å². The fourth-order valence-corrected chi connectivity index (χ4v) is 4.39. The topological polar surface area (TPSA) is 73.6 Å². The van der Waals surface area contributed by atoms with Crippen LogP contribution in [0.15, 0.2) is 36.7 Å². The van der Waals surface area contributed by atoms with Gasteiger partial charge in [-0.1, -0.05) is 12.1 Å². The van der Waals surface area contributed by atoms with Gasteiger partial charge in [-0.2, -0.15) is 5.10 Å². The summed E-state index contributed by atoms with van der Waals surface area (Å²) in [6.07, 6.45) is 4.99. The van der Waals surface area contributed by atoms with Crippen LogP contribution in [0, 0.1) is 12.8 Å². The van der Waals surface area contributed by atoms with Crippen molar-refractivity contribution >= 4 is 11.6 Å². The summed E-state index contributed by atoms with van der Waals surface area (Å²) in [5.41, 5.74) is 3.54. The molecule has 0 unspecified atom stereocenters. The predicted molar refractivity (Wildman–Crippen MR) is 113 cm³/mol. The Bertz CT molecular complexity index is 837. The molecule has 0 spiro atoms. The number of aromatic nitrogens is 2. The fraction of sp³-hybridized carbons (Fsp3) is 0.545. The Morgan fingerprint density at radius 2 is 2.03 bits per heavy atom. The van der Waals surface area contributed by atoms with Crippen molar-refractivity contribution in [1.29, 1.82) is 0 Å². The van der Waals surface area contributed by atoms with Crippen molar-refractivity contribution in [3.05, 3.63) is 47.8 Å². The minimum Gasteiger partial charge on any atom is -0.393 e. The average molecular weight is 398 g/mol. The molecule has 156 valence electrons. The van der Waals surface area contributed by atoms with Gasteiger partial charge in [0.1, 0.15) is 0 Å². The van der Waals surface area contributed by atoms with Gasteiger partial charge in [-0.05, 0) is 43.4 Å². The molecule has 0 bridgehead atoms. The number of aliphatic hydroxyl groups excluding tert-OH is 1. The lowest BCUT2D eigenvalue weighted by Gasteiger charge is -2.39. The quantitative estimate of drug-likeness (QED) is 0.772. The van der Waals surface area contributed by atoms with E-state index in [1.807, 2.05) is 19.4 Å². The van der Waals surface area contributed by atoms with Crippen molar-refractivity contribution in [2.75, 3.05) is 37.6 Å². The molecule has 29 heavy (non-hydrogen) atoms. The number of carbonyl (C=O) groups excluding carboxylic acids is 1. The zero-order valence-electron chi connectivity index (χ0n) is 17.3. The summed E-state index contributed by atoms with van der Waals surface area (Å²) in [4.78, 5) is 17.4. The number of nitrogens with zero attached hydrogens (tertiary/aromatic N) is 4. The van der Waals surface area contributed by atoms with Crippen molar-refractivity contribution in [3.8, 4) is 0 Å². The van der Waals surface area contributed by atoms with Gasteiger partial charge in [0.2, 0.25) is 5.91 Å². The minimum atomic E-state index is -0.245. The van der Waals surface area contributed by atoms with E-state index in [9.17, 15) is 9.90 Å². The molecule has 1 saturated heterocycles. The monoisotopic (exact) mass is 397 g/mol. The zero-order chi connectivity index (χ0) is 20.4. The first-order valence-electron chi connectivity index (χ1n) is 10.5.